The lowest BCUT2D eigenvalue weighted by molar-refractivity contribution is -0.384. The van der Waals surface area contributed by atoms with Crippen LogP contribution in [0, 0.1) is 10.1 Å². The summed E-state index contributed by atoms with van der Waals surface area (Å²) >= 11 is 0. The Labute approximate surface area is 104 Å². The molecule has 0 aromatic heterocycles. The van der Waals surface area contributed by atoms with Crippen molar-refractivity contribution in [3.05, 3.63) is 34.4 Å². The summed E-state index contributed by atoms with van der Waals surface area (Å²) in [5.74, 6) is -0.607. The normalized spacial score (nSPS) is 11.8. The molecule has 98 valence electrons. The first-order valence-electron chi connectivity index (χ1n) is 5.32. The van der Waals surface area contributed by atoms with Crippen LogP contribution in [0.15, 0.2) is 24.3 Å². The van der Waals surface area contributed by atoms with Gasteiger partial charge in [-0.25, -0.2) is 0 Å². The summed E-state index contributed by atoms with van der Waals surface area (Å²) < 4.78 is 5.27. The van der Waals surface area contributed by atoms with Crippen LogP contribution >= 0.6 is 0 Å². The van der Waals surface area contributed by atoms with Crippen LogP contribution in [0.5, 0.6) is 5.75 Å². The van der Waals surface area contributed by atoms with Gasteiger partial charge < -0.3 is 15.2 Å². The number of hydrogen-bond donors (Lipinski definition) is 2. The highest BCUT2D eigenvalue weighted by Gasteiger charge is 2.14. The molecule has 7 nitrogen and oxygen atoms in total. The number of benzene rings is 1. The molecule has 0 aliphatic rings. The molecule has 1 aromatic carbocycles. The highest BCUT2D eigenvalue weighted by atomic mass is 16.6. The molecule has 0 amide bonds. The molecule has 1 aromatic rings. The number of carboxylic acids is 1. The number of non-ortho nitro benzene ring substituents is 1. The van der Waals surface area contributed by atoms with E-state index in [-0.39, 0.29) is 18.7 Å². The van der Waals surface area contributed by atoms with Crippen LogP contribution in [0.3, 0.4) is 0 Å². The Bertz CT molecular complexity index is 435. The molecule has 0 fully saturated rings. The maximum Gasteiger partial charge on any atom is 0.320 e. The van der Waals surface area contributed by atoms with Crippen molar-refractivity contribution in [3.63, 3.8) is 0 Å². The van der Waals surface area contributed by atoms with Gasteiger partial charge >= 0.3 is 5.97 Å². The molecule has 0 aliphatic heterocycles. The third-order valence-electron chi connectivity index (χ3n) is 2.35. The van der Waals surface area contributed by atoms with Gasteiger partial charge in [-0.2, -0.15) is 0 Å². The van der Waals surface area contributed by atoms with Gasteiger partial charge in [-0.05, 0) is 13.1 Å². The summed E-state index contributed by atoms with van der Waals surface area (Å²) in [6, 6.07) is 5.07. The van der Waals surface area contributed by atoms with E-state index < -0.39 is 16.9 Å². The van der Waals surface area contributed by atoms with Crippen molar-refractivity contribution in [2.45, 2.75) is 12.5 Å². The number of nitrogens with one attached hydrogen (secondary N) is 1. The van der Waals surface area contributed by atoms with E-state index in [4.69, 9.17) is 9.84 Å². The number of carbonyl (C=O) groups is 1. The van der Waals surface area contributed by atoms with Gasteiger partial charge in [0.25, 0.3) is 5.69 Å². The first kappa shape index (κ1) is 13.9. The van der Waals surface area contributed by atoms with E-state index in [9.17, 15) is 14.9 Å². The Morgan fingerprint density at radius 3 is 2.89 bits per heavy atom. The van der Waals surface area contributed by atoms with E-state index >= 15 is 0 Å². The topological polar surface area (TPSA) is 102 Å². The molecule has 0 saturated heterocycles. The summed E-state index contributed by atoms with van der Waals surface area (Å²) in [4.78, 5) is 20.7. The minimum absolute atomic E-state index is 0.0594. The zero-order valence-corrected chi connectivity index (χ0v) is 9.83. The van der Waals surface area contributed by atoms with Crippen molar-refractivity contribution < 1.29 is 19.6 Å². The maximum atomic E-state index is 10.7. The predicted molar refractivity (Wildman–Crippen MR) is 63.7 cm³/mol. The van der Waals surface area contributed by atoms with Crippen LogP contribution in [0.1, 0.15) is 6.42 Å². The Morgan fingerprint density at radius 2 is 2.33 bits per heavy atom. The van der Waals surface area contributed by atoms with E-state index in [1.165, 1.54) is 18.2 Å². The summed E-state index contributed by atoms with van der Waals surface area (Å²) in [6.45, 7) is 0.166. The number of nitrogens with zero attached hydrogens (tertiary/aromatic N) is 1. The van der Waals surface area contributed by atoms with Gasteiger partial charge in [-0.1, -0.05) is 6.07 Å². The molecule has 2 N–H and O–H groups in total. The number of ether oxygens (including phenoxy) is 1. The number of likely N-dealkylation sites (N-methyl/N-ethyl adjacent to an activating group) is 1. The number of nitro groups is 1. The summed E-state index contributed by atoms with van der Waals surface area (Å²) in [5, 5.41) is 21.9. The minimum Gasteiger partial charge on any atom is -0.493 e. The second kappa shape index (κ2) is 6.55. The van der Waals surface area contributed by atoms with Crippen LogP contribution in [0.2, 0.25) is 0 Å². The van der Waals surface area contributed by atoms with Crippen molar-refractivity contribution in [2.24, 2.45) is 0 Å². The number of aliphatic carboxylic acids is 1. The first-order chi connectivity index (χ1) is 8.54. The van der Waals surface area contributed by atoms with Crippen molar-refractivity contribution >= 4 is 11.7 Å². The lowest BCUT2D eigenvalue weighted by Gasteiger charge is -2.11. The summed E-state index contributed by atoms with van der Waals surface area (Å²) in [5.41, 5.74) is -0.0594. The lowest BCUT2D eigenvalue weighted by Crippen LogP contribution is -2.35. The number of carboxylic acid groups (broad SMARTS) is 1. The third-order valence-corrected chi connectivity index (χ3v) is 2.35. The monoisotopic (exact) mass is 254 g/mol. The number of nitro benzene ring substituents is 1. The smallest absolute Gasteiger partial charge is 0.320 e. The predicted octanol–water partition coefficient (Wildman–Crippen LogP) is 1.04. The summed E-state index contributed by atoms with van der Waals surface area (Å²) in [6.07, 6.45) is 0.272. The van der Waals surface area contributed by atoms with E-state index in [1.807, 2.05) is 0 Å². The largest absolute Gasteiger partial charge is 0.493 e. The summed E-state index contributed by atoms with van der Waals surface area (Å²) in [7, 11) is 1.55. The average molecular weight is 254 g/mol. The van der Waals surface area contributed by atoms with E-state index in [2.05, 4.69) is 5.32 Å². The minimum atomic E-state index is -0.958. The van der Waals surface area contributed by atoms with E-state index in [1.54, 1.807) is 13.1 Å². The van der Waals surface area contributed by atoms with E-state index in [0.717, 1.165) is 0 Å². The van der Waals surface area contributed by atoms with Crippen LogP contribution in [-0.2, 0) is 4.79 Å². The van der Waals surface area contributed by atoms with Crippen molar-refractivity contribution in [1.82, 2.24) is 5.32 Å². The Morgan fingerprint density at radius 1 is 1.61 bits per heavy atom. The van der Waals surface area contributed by atoms with Gasteiger partial charge in [0.15, 0.2) is 0 Å². The molecule has 1 unspecified atom stereocenters. The van der Waals surface area contributed by atoms with Crippen molar-refractivity contribution in [2.75, 3.05) is 13.7 Å². The SMILES string of the molecule is CNC(CCOc1cccc([N+](=O)[O-])c1)C(=O)O. The zero-order valence-electron chi connectivity index (χ0n) is 9.83. The van der Waals surface area contributed by atoms with Crippen LogP contribution in [0.4, 0.5) is 5.69 Å². The molecule has 0 aliphatic carbocycles. The zero-order chi connectivity index (χ0) is 13.5. The lowest BCUT2D eigenvalue weighted by atomic mass is 10.2. The first-order valence-corrected chi connectivity index (χ1v) is 5.32. The molecular weight excluding hydrogens is 240 g/mol. The van der Waals surface area contributed by atoms with Gasteiger partial charge in [-0.15, -0.1) is 0 Å². The molecule has 0 bridgehead atoms. The molecule has 0 spiro atoms. The maximum absolute atomic E-state index is 10.7. The Hall–Kier alpha value is -2.15. The number of hydrogen-bond acceptors (Lipinski definition) is 5. The van der Waals surface area contributed by atoms with Crippen LogP contribution in [0.25, 0.3) is 0 Å². The van der Waals surface area contributed by atoms with Crippen molar-refractivity contribution in [1.29, 1.82) is 0 Å². The van der Waals surface area contributed by atoms with Gasteiger partial charge in [0.1, 0.15) is 11.8 Å². The fourth-order valence-electron chi connectivity index (χ4n) is 1.37. The van der Waals surface area contributed by atoms with Gasteiger partial charge in [0, 0.05) is 12.5 Å². The molecule has 0 radical (unpaired) electrons. The molecule has 1 rings (SSSR count). The van der Waals surface area contributed by atoms with E-state index in [0.29, 0.717) is 5.75 Å². The Balaban J connectivity index is 2.51. The highest BCUT2D eigenvalue weighted by molar-refractivity contribution is 5.73. The fraction of sp³-hybridized carbons (Fsp3) is 0.364. The Kier molecular flexibility index (Phi) is 5.06. The molecule has 18 heavy (non-hydrogen) atoms. The second-order valence-electron chi connectivity index (χ2n) is 3.57. The molecular formula is C11H14N2O5. The number of rotatable bonds is 7. The molecule has 0 saturated carbocycles. The third kappa shape index (κ3) is 4.02. The standard InChI is InChI=1S/C11H14N2O5/c1-12-10(11(14)15)5-6-18-9-4-2-3-8(7-9)13(16)17/h2-4,7,10,12H,5-6H2,1H3,(H,14,15). The van der Waals surface area contributed by atoms with Crippen molar-refractivity contribution in [3.8, 4) is 5.75 Å². The van der Waals surface area contributed by atoms with Gasteiger partial charge in [0.2, 0.25) is 0 Å². The van der Waals surface area contributed by atoms with Crippen LogP contribution in [-0.4, -0.2) is 35.7 Å². The van der Waals surface area contributed by atoms with Gasteiger partial charge in [-0.3, -0.25) is 14.9 Å². The molecule has 7 heteroatoms. The molecule has 0 heterocycles. The van der Waals surface area contributed by atoms with Gasteiger partial charge in [0.05, 0.1) is 17.6 Å². The average Bonchev–Trinajstić information content (AvgIpc) is 2.34. The fourth-order valence-corrected chi connectivity index (χ4v) is 1.37. The highest BCUT2D eigenvalue weighted by Crippen LogP contribution is 2.19. The second-order valence-corrected chi connectivity index (χ2v) is 3.57. The molecule has 1 atom stereocenters. The van der Waals surface area contributed by atoms with Crippen LogP contribution < -0.4 is 10.1 Å². The quantitative estimate of drug-likeness (QED) is 0.556.